The largest absolute Gasteiger partial charge is 0.115 e. The highest BCUT2D eigenvalue weighted by molar-refractivity contribution is 5.08. The van der Waals surface area contributed by atoms with E-state index in [1.807, 2.05) is 6.08 Å². The standard InChI is InChI=1S/C19H34/c1-3-5-7-9-11-13-15-17-19-18-16-14-12-10-8-6-4-2/h1,5,7H,4,6,8-19H2,2H3. The van der Waals surface area contributed by atoms with E-state index in [0.29, 0.717) is 0 Å². The fourth-order valence-corrected chi connectivity index (χ4v) is 2.43. The van der Waals surface area contributed by atoms with Crippen LogP contribution in [-0.4, -0.2) is 0 Å². The van der Waals surface area contributed by atoms with E-state index in [-0.39, 0.29) is 0 Å². The number of allylic oxidation sites excluding steroid dienone is 2. The molecule has 0 spiro atoms. The van der Waals surface area contributed by atoms with Gasteiger partial charge in [0.15, 0.2) is 0 Å². The molecular weight excluding hydrogens is 228 g/mol. The molecule has 0 amide bonds. The minimum absolute atomic E-state index is 1.15. The Bertz CT molecular complexity index is 219. The maximum absolute atomic E-state index is 5.15. The zero-order chi connectivity index (χ0) is 14.0. The molecule has 0 aromatic heterocycles. The van der Waals surface area contributed by atoms with Crippen molar-refractivity contribution >= 4 is 0 Å². The highest BCUT2D eigenvalue weighted by Crippen LogP contribution is 2.12. The first-order chi connectivity index (χ1) is 9.41. The maximum atomic E-state index is 5.15. The summed E-state index contributed by atoms with van der Waals surface area (Å²) in [6, 6.07) is 0. The van der Waals surface area contributed by atoms with E-state index in [2.05, 4.69) is 18.9 Å². The normalized spacial score (nSPS) is 10.9. The molecule has 0 aromatic rings. The summed E-state index contributed by atoms with van der Waals surface area (Å²) >= 11 is 0. The minimum atomic E-state index is 1.15. The van der Waals surface area contributed by atoms with Gasteiger partial charge in [0.05, 0.1) is 0 Å². The number of terminal acetylenes is 1. The number of rotatable bonds is 14. The van der Waals surface area contributed by atoms with Crippen LogP contribution in [0.3, 0.4) is 0 Å². The van der Waals surface area contributed by atoms with Crippen molar-refractivity contribution in [2.24, 2.45) is 0 Å². The van der Waals surface area contributed by atoms with Gasteiger partial charge >= 0.3 is 0 Å². The van der Waals surface area contributed by atoms with Gasteiger partial charge in [0.2, 0.25) is 0 Å². The van der Waals surface area contributed by atoms with Gasteiger partial charge in [-0.3, -0.25) is 0 Å². The average molecular weight is 262 g/mol. The third-order valence-corrected chi connectivity index (χ3v) is 3.69. The number of unbranched alkanes of at least 4 members (excludes halogenated alkanes) is 13. The summed E-state index contributed by atoms with van der Waals surface area (Å²) < 4.78 is 0. The molecule has 0 heteroatoms. The van der Waals surface area contributed by atoms with Crippen LogP contribution in [0.1, 0.15) is 96.8 Å². The van der Waals surface area contributed by atoms with E-state index < -0.39 is 0 Å². The molecule has 0 unspecified atom stereocenters. The monoisotopic (exact) mass is 262 g/mol. The third-order valence-electron chi connectivity index (χ3n) is 3.69. The van der Waals surface area contributed by atoms with Gasteiger partial charge in [0.25, 0.3) is 0 Å². The van der Waals surface area contributed by atoms with E-state index in [0.717, 1.165) is 6.42 Å². The van der Waals surface area contributed by atoms with Crippen molar-refractivity contribution in [3.63, 3.8) is 0 Å². The Morgan fingerprint density at radius 1 is 0.684 bits per heavy atom. The molecule has 0 aromatic carbocycles. The first-order valence-electron chi connectivity index (χ1n) is 8.53. The molecule has 0 N–H and O–H groups in total. The van der Waals surface area contributed by atoms with Gasteiger partial charge in [0, 0.05) is 0 Å². The molecular formula is C19H34. The SMILES string of the molecule is C#CC=CCCCCCCCCCCCCCCC. The van der Waals surface area contributed by atoms with Gasteiger partial charge in [-0.15, -0.1) is 6.42 Å². The van der Waals surface area contributed by atoms with Crippen molar-refractivity contribution in [1.82, 2.24) is 0 Å². The van der Waals surface area contributed by atoms with Crippen LogP contribution >= 0.6 is 0 Å². The van der Waals surface area contributed by atoms with Crippen LogP contribution in [0.2, 0.25) is 0 Å². The molecule has 0 nitrogen and oxygen atoms in total. The summed E-state index contributed by atoms with van der Waals surface area (Å²) in [7, 11) is 0. The predicted octanol–water partition coefficient (Wildman–Crippen LogP) is 6.66. The lowest BCUT2D eigenvalue weighted by Crippen LogP contribution is -1.82. The molecule has 0 aliphatic carbocycles. The molecule has 0 rings (SSSR count). The lowest BCUT2D eigenvalue weighted by molar-refractivity contribution is 0.540. The molecule has 0 radical (unpaired) electrons. The Morgan fingerprint density at radius 2 is 1.11 bits per heavy atom. The van der Waals surface area contributed by atoms with Gasteiger partial charge in [-0.2, -0.15) is 0 Å². The first-order valence-corrected chi connectivity index (χ1v) is 8.53. The summed E-state index contributed by atoms with van der Waals surface area (Å²) in [5.41, 5.74) is 0. The van der Waals surface area contributed by atoms with Crippen molar-refractivity contribution in [2.75, 3.05) is 0 Å². The quantitative estimate of drug-likeness (QED) is 0.242. The van der Waals surface area contributed by atoms with Crippen LogP contribution in [0, 0.1) is 12.3 Å². The van der Waals surface area contributed by atoms with Gasteiger partial charge in [0.1, 0.15) is 0 Å². The van der Waals surface area contributed by atoms with Crippen molar-refractivity contribution in [3.05, 3.63) is 12.2 Å². The van der Waals surface area contributed by atoms with Crippen molar-refractivity contribution in [1.29, 1.82) is 0 Å². The zero-order valence-corrected chi connectivity index (χ0v) is 13.1. The van der Waals surface area contributed by atoms with Crippen molar-refractivity contribution in [2.45, 2.75) is 96.8 Å². The second kappa shape index (κ2) is 17.3. The second-order valence-electron chi connectivity index (χ2n) is 5.60. The molecule has 0 fully saturated rings. The van der Waals surface area contributed by atoms with Crippen LogP contribution in [0.5, 0.6) is 0 Å². The van der Waals surface area contributed by atoms with Crippen LogP contribution < -0.4 is 0 Å². The lowest BCUT2D eigenvalue weighted by Gasteiger charge is -2.02. The molecule has 0 atom stereocenters. The Hall–Kier alpha value is -0.700. The lowest BCUT2D eigenvalue weighted by atomic mass is 10.0. The molecule has 19 heavy (non-hydrogen) atoms. The van der Waals surface area contributed by atoms with Crippen LogP contribution in [-0.2, 0) is 0 Å². The van der Waals surface area contributed by atoms with Gasteiger partial charge in [-0.1, -0.05) is 96.0 Å². The van der Waals surface area contributed by atoms with Crippen LogP contribution in [0.25, 0.3) is 0 Å². The van der Waals surface area contributed by atoms with Crippen LogP contribution in [0.15, 0.2) is 12.2 Å². The van der Waals surface area contributed by atoms with E-state index in [1.54, 1.807) is 0 Å². The van der Waals surface area contributed by atoms with E-state index in [9.17, 15) is 0 Å². The van der Waals surface area contributed by atoms with E-state index >= 15 is 0 Å². The highest BCUT2D eigenvalue weighted by atomic mass is 14.0. The minimum Gasteiger partial charge on any atom is -0.115 e. The summed E-state index contributed by atoms with van der Waals surface area (Å²) in [6.45, 7) is 2.28. The smallest absolute Gasteiger partial charge is 0.0162 e. The van der Waals surface area contributed by atoms with Crippen LogP contribution in [0.4, 0.5) is 0 Å². The molecule has 0 saturated heterocycles. The Balaban J connectivity index is 2.95. The van der Waals surface area contributed by atoms with Gasteiger partial charge in [-0.05, 0) is 18.9 Å². The second-order valence-corrected chi connectivity index (χ2v) is 5.60. The summed E-state index contributed by atoms with van der Waals surface area (Å²) in [4.78, 5) is 0. The fraction of sp³-hybridized carbons (Fsp3) is 0.789. The third kappa shape index (κ3) is 17.3. The summed E-state index contributed by atoms with van der Waals surface area (Å²) in [6.07, 6.45) is 28.7. The number of hydrogen-bond acceptors (Lipinski definition) is 0. The average Bonchev–Trinajstić information content (AvgIpc) is 2.43. The highest BCUT2D eigenvalue weighted by Gasteiger charge is 1.93. The summed E-state index contributed by atoms with van der Waals surface area (Å²) in [5, 5.41) is 0. The predicted molar refractivity (Wildman–Crippen MR) is 88.3 cm³/mol. The van der Waals surface area contributed by atoms with Gasteiger partial charge < -0.3 is 0 Å². The van der Waals surface area contributed by atoms with E-state index in [4.69, 9.17) is 6.42 Å². The molecule has 0 bridgehead atoms. The Kier molecular flexibility index (Phi) is 16.7. The summed E-state index contributed by atoms with van der Waals surface area (Å²) in [5.74, 6) is 2.53. The molecule has 0 heterocycles. The topological polar surface area (TPSA) is 0 Å². The Morgan fingerprint density at radius 3 is 1.53 bits per heavy atom. The Labute approximate surface area is 122 Å². The fourth-order valence-electron chi connectivity index (χ4n) is 2.43. The van der Waals surface area contributed by atoms with Crippen molar-refractivity contribution in [3.8, 4) is 12.3 Å². The molecule has 110 valence electrons. The molecule has 0 saturated carbocycles. The van der Waals surface area contributed by atoms with Gasteiger partial charge in [-0.25, -0.2) is 0 Å². The molecule has 0 aliphatic heterocycles. The van der Waals surface area contributed by atoms with Crippen molar-refractivity contribution < 1.29 is 0 Å². The zero-order valence-electron chi connectivity index (χ0n) is 13.1. The maximum Gasteiger partial charge on any atom is -0.0162 e. The first kappa shape index (κ1) is 18.3. The molecule has 0 aliphatic rings. The number of hydrogen-bond donors (Lipinski definition) is 0. The van der Waals surface area contributed by atoms with E-state index in [1.165, 1.54) is 83.5 Å².